The van der Waals surface area contributed by atoms with E-state index in [0.29, 0.717) is 11.2 Å². The average molecular weight is 308 g/mol. The molecule has 0 saturated carbocycles. The molecule has 0 bridgehead atoms. The molecule has 3 aromatic rings. The van der Waals surface area contributed by atoms with Crippen LogP contribution in [0.4, 0.5) is 0 Å². The third kappa shape index (κ3) is 2.95. The van der Waals surface area contributed by atoms with E-state index < -0.39 is 0 Å². The summed E-state index contributed by atoms with van der Waals surface area (Å²) < 4.78 is 1.94. The maximum absolute atomic E-state index is 12.7. The Labute approximate surface area is 135 Å². The smallest absolute Gasteiger partial charge is 0.255 e. The van der Waals surface area contributed by atoms with Gasteiger partial charge >= 0.3 is 0 Å². The molecule has 0 aliphatic rings. The Balaban J connectivity index is 1.92. The van der Waals surface area contributed by atoms with E-state index in [1.165, 1.54) is 0 Å². The normalized spacial score (nSPS) is 12.3. The van der Waals surface area contributed by atoms with Gasteiger partial charge in [0.1, 0.15) is 5.65 Å². The van der Waals surface area contributed by atoms with E-state index in [2.05, 4.69) is 15.3 Å². The lowest BCUT2D eigenvalue weighted by Gasteiger charge is -2.16. The third-order valence-electron chi connectivity index (χ3n) is 3.98. The number of pyridine rings is 1. The van der Waals surface area contributed by atoms with Crippen molar-refractivity contribution in [2.24, 2.45) is 0 Å². The minimum Gasteiger partial charge on any atom is -0.345 e. The Kier molecular flexibility index (Phi) is 4.10. The SMILES string of the molecule is CCC(NC(=O)c1ccn2c(C)cc(C)nc12)c1cccnc1. The second kappa shape index (κ2) is 6.20. The molecule has 0 aromatic carbocycles. The number of nitrogens with one attached hydrogen (secondary N) is 1. The van der Waals surface area contributed by atoms with E-state index >= 15 is 0 Å². The summed E-state index contributed by atoms with van der Waals surface area (Å²) in [6, 6.07) is 7.62. The zero-order valence-corrected chi connectivity index (χ0v) is 13.6. The molecule has 3 aromatic heterocycles. The van der Waals surface area contributed by atoms with Gasteiger partial charge in [-0.15, -0.1) is 0 Å². The molecule has 3 rings (SSSR count). The molecule has 0 radical (unpaired) electrons. The van der Waals surface area contributed by atoms with Crippen LogP contribution in [0.2, 0.25) is 0 Å². The third-order valence-corrected chi connectivity index (χ3v) is 3.98. The summed E-state index contributed by atoms with van der Waals surface area (Å²) in [5, 5.41) is 3.08. The minimum atomic E-state index is -0.110. The first-order valence-corrected chi connectivity index (χ1v) is 7.76. The Bertz CT molecular complexity index is 839. The predicted molar refractivity (Wildman–Crippen MR) is 89.4 cm³/mol. The van der Waals surface area contributed by atoms with Gasteiger partial charge in [0.05, 0.1) is 11.6 Å². The molecule has 1 unspecified atom stereocenters. The number of carbonyl (C=O) groups excluding carboxylic acids is 1. The first kappa shape index (κ1) is 15.2. The maximum atomic E-state index is 12.7. The van der Waals surface area contributed by atoms with Gasteiger partial charge in [-0.3, -0.25) is 9.78 Å². The van der Waals surface area contributed by atoms with Gasteiger partial charge in [-0.2, -0.15) is 0 Å². The van der Waals surface area contributed by atoms with Crippen LogP contribution in [-0.4, -0.2) is 20.3 Å². The van der Waals surface area contributed by atoms with Gasteiger partial charge in [-0.1, -0.05) is 13.0 Å². The highest BCUT2D eigenvalue weighted by Gasteiger charge is 2.18. The van der Waals surface area contributed by atoms with E-state index in [1.807, 2.05) is 55.6 Å². The van der Waals surface area contributed by atoms with Gasteiger partial charge in [0.25, 0.3) is 5.91 Å². The molecule has 5 heteroatoms. The quantitative estimate of drug-likeness (QED) is 0.805. The van der Waals surface area contributed by atoms with E-state index in [-0.39, 0.29) is 11.9 Å². The molecule has 0 fully saturated rings. The molecule has 1 amide bonds. The van der Waals surface area contributed by atoms with E-state index in [1.54, 1.807) is 12.4 Å². The number of hydrogen-bond donors (Lipinski definition) is 1. The van der Waals surface area contributed by atoms with Gasteiger partial charge in [0.15, 0.2) is 0 Å². The van der Waals surface area contributed by atoms with Crippen molar-refractivity contribution < 1.29 is 4.79 Å². The number of hydrogen-bond acceptors (Lipinski definition) is 3. The first-order valence-electron chi connectivity index (χ1n) is 7.76. The van der Waals surface area contributed by atoms with Crippen LogP contribution in [0.3, 0.4) is 0 Å². The summed E-state index contributed by atoms with van der Waals surface area (Å²) in [4.78, 5) is 21.3. The molecular formula is C18H20N4O. The summed E-state index contributed by atoms with van der Waals surface area (Å²) >= 11 is 0. The number of rotatable bonds is 4. The van der Waals surface area contributed by atoms with Gasteiger partial charge in [-0.25, -0.2) is 4.98 Å². The Morgan fingerprint density at radius 3 is 2.87 bits per heavy atom. The van der Waals surface area contributed by atoms with Crippen LogP contribution in [0.1, 0.15) is 46.7 Å². The summed E-state index contributed by atoms with van der Waals surface area (Å²) in [5.41, 5.74) is 4.26. The monoisotopic (exact) mass is 308 g/mol. The summed E-state index contributed by atoms with van der Waals surface area (Å²) in [6.07, 6.45) is 6.21. The standard InChI is InChI=1S/C18H20N4O/c1-4-16(14-6-5-8-19-11-14)21-18(23)15-7-9-22-13(3)10-12(2)20-17(15)22/h5-11,16H,4H2,1-3H3,(H,21,23). The van der Waals surface area contributed by atoms with Gasteiger partial charge in [0.2, 0.25) is 0 Å². The summed E-state index contributed by atoms with van der Waals surface area (Å²) in [7, 11) is 0. The van der Waals surface area contributed by atoms with Crippen molar-refractivity contribution in [3.63, 3.8) is 0 Å². The van der Waals surface area contributed by atoms with Crippen molar-refractivity contribution in [2.75, 3.05) is 0 Å². The fraction of sp³-hybridized carbons (Fsp3) is 0.278. The minimum absolute atomic E-state index is 0.0583. The van der Waals surface area contributed by atoms with Crippen molar-refractivity contribution >= 4 is 11.6 Å². The number of fused-ring (bicyclic) bond motifs is 1. The fourth-order valence-electron chi connectivity index (χ4n) is 2.81. The largest absolute Gasteiger partial charge is 0.345 e. The van der Waals surface area contributed by atoms with Crippen molar-refractivity contribution in [3.8, 4) is 0 Å². The fourth-order valence-corrected chi connectivity index (χ4v) is 2.81. The van der Waals surface area contributed by atoms with Crippen molar-refractivity contribution in [2.45, 2.75) is 33.2 Å². The van der Waals surface area contributed by atoms with Crippen LogP contribution in [-0.2, 0) is 0 Å². The average Bonchev–Trinajstić information content (AvgIpc) is 2.97. The van der Waals surface area contributed by atoms with Crippen molar-refractivity contribution in [1.82, 2.24) is 19.7 Å². The molecule has 1 atom stereocenters. The Hall–Kier alpha value is -2.69. The Morgan fingerprint density at radius 2 is 2.17 bits per heavy atom. The molecule has 118 valence electrons. The first-order chi connectivity index (χ1) is 11.1. The highest BCUT2D eigenvalue weighted by atomic mass is 16.1. The number of aryl methyl sites for hydroxylation is 2. The highest BCUT2D eigenvalue weighted by Crippen LogP contribution is 2.18. The predicted octanol–water partition coefficient (Wildman–Crippen LogP) is 3.23. The Morgan fingerprint density at radius 1 is 1.35 bits per heavy atom. The lowest BCUT2D eigenvalue weighted by atomic mass is 10.1. The summed E-state index contributed by atoms with van der Waals surface area (Å²) in [5.74, 6) is -0.110. The molecule has 0 aliphatic heterocycles. The zero-order chi connectivity index (χ0) is 16.4. The van der Waals surface area contributed by atoms with Crippen LogP contribution in [0.15, 0.2) is 42.9 Å². The second-order valence-corrected chi connectivity index (χ2v) is 5.68. The lowest BCUT2D eigenvalue weighted by Crippen LogP contribution is -2.28. The van der Waals surface area contributed by atoms with Gasteiger partial charge in [0, 0.05) is 30.0 Å². The van der Waals surface area contributed by atoms with Gasteiger partial charge < -0.3 is 9.72 Å². The van der Waals surface area contributed by atoms with Crippen LogP contribution in [0.25, 0.3) is 5.65 Å². The number of aromatic nitrogens is 3. The number of nitrogens with zero attached hydrogens (tertiary/aromatic N) is 3. The molecule has 0 spiro atoms. The molecule has 0 aliphatic carbocycles. The molecule has 23 heavy (non-hydrogen) atoms. The van der Waals surface area contributed by atoms with Crippen molar-refractivity contribution in [1.29, 1.82) is 0 Å². The van der Waals surface area contributed by atoms with E-state index in [0.717, 1.165) is 23.4 Å². The second-order valence-electron chi connectivity index (χ2n) is 5.68. The zero-order valence-electron chi connectivity index (χ0n) is 13.6. The molecule has 5 nitrogen and oxygen atoms in total. The number of amides is 1. The van der Waals surface area contributed by atoms with Crippen LogP contribution >= 0.6 is 0 Å². The molecular weight excluding hydrogens is 288 g/mol. The van der Waals surface area contributed by atoms with Gasteiger partial charge in [-0.05, 0) is 44.0 Å². The topological polar surface area (TPSA) is 59.3 Å². The maximum Gasteiger partial charge on any atom is 0.255 e. The van der Waals surface area contributed by atoms with E-state index in [9.17, 15) is 4.79 Å². The summed E-state index contributed by atoms with van der Waals surface area (Å²) in [6.45, 7) is 5.99. The molecule has 3 heterocycles. The highest BCUT2D eigenvalue weighted by molar-refractivity contribution is 6.00. The van der Waals surface area contributed by atoms with Crippen molar-refractivity contribution in [3.05, 3.63) is 65.4 Å². The lowest BCUT2D eigenvalue weighted by molar-refractivity contribution is 0.0937. The molecule has 0 saturated heterocycles. The van der Waals surface area contributed by atoms with Crippen LogP contribution in [0.5, 0.6) is 0 Å². The van der Waals surface area contributed by atoms with Crippen LogP contribution in [0, 0.1) is 13.8 Å². The van der Waals surface area contributed by atoms with E-state index in [4.69, 9.17) is 0 Å². The molecule has 1 N–H and O–H groups in total. The number of carbonyl (C=O) groups is 1. The van der Waals surface area contributed by atoms with Crippen LogP contribution < -0.4 is 5.32 Å².